The highest BCUT2D eigenvalue weighted by Crippen LogP contribution is 2.11. The number of rotatable bonds is 5. The highest BCUT2D eigenvalue weighted by atomic mass is 79.9. The van der Waals surface area contributed by atoms with Gasteiger partial charge in [0, 0.05) is 24.6 Å². The van der Waals surface area contributed by atoms with E-state index in [0.717, 1.165) is 0 Å². The van der Waals surface area contributed by atoms with E-state index in [1.807, 2.05) is 0 Å². The van der Waals surface area contributed by atoms with Crippen molar-refractivity contribution in [2.24, 2.45) is 0 Å². The molecule has 2 rings (SSSR count). The molecule has 110 valence electrons. The van der Waals surface area contributed by atoms with Gasteiger partial charge >= 0.3 is 0 Å². The molecule has 21 heavy (non-hydrogen) atoms. The SMILES string of the molecule is COc1ccc(C(=O)C[n+]2ccccc2C(C)=O)cc1.[Br-]. The molecule has 0 aliphatic carbocycles. The van der Waals surface area contributed by atoms with Gasteiger partial charge < -0.3 is 21.7 Å². The Bertz CT molecular complexity index is 638. The third-order valence-electron chi connectivity index (χ3n) is 3.03. The van der Waals surface area contributed by atoms with Crippen molar-refractivity contribution < 1.29 is 35.9 Å². The maximum atomic E-state index is 12.2. The Morgan fingerprint density at radius 1 is 1.10 bits per heavy atom. The third-order valence-corrected chi connectivity index (χ3v) is 3.03. The van der Waals surface area contributed by atoms with Gasteiger partial charge in [-0.05, 0) is 30.3 Å². The van der Waals surface area contributed by atoms with Crippen LogP contribution in [0.4, 0.5) is 0 Å². The van der Waals surface area contributed by atoms with Crippen molar-refractivity contribution >= 4 is 11.6 Å². The van der Waals surface area contributed by atoms with E-state index in [0.29, 0.717) is 17.0 Å². The van der Waals surface area contributed by atoms with Crippen molar-refractivity contribution in [3.8, 4) is 5.75 Å². The zero-order valence-corrected chi connectivity index (χ0v) is 13.5. The molecule has 5 heteroatoms. The standard InChI is InChI=1S/C16H16NO3.BrH/c1-12(18)15-5-3-4-10-17(15)11-16(19)13-6-8-14(20-2)9-7-13;/h3-10H,11H2,1-2H3;1H/q+1;/p-1. The molecule has 0 amide bonds. The molecule has 1 heterocycles. The van der Waals surface area contributed by atoms with Gasteiger partial charge in [-0.1, -0.05) is 0 Å². The first-order valence-electron chi connectivity index (χ1n) is 6.28. The normalized spacial score (nSPS) is 9.62. The lowest BCUT2D eigenvalue weighted by atomic mass is 10.1. The fourth-order valence-electron chi connectivity index (χ4n) is 1.96. The first-order chi connectivity index (χ1) is 9.61. The van der Waals surface area contributed by atoms with Crippen molar-refractivity contribution in [3.05, 3.63) is 59.9 Å². The molecule has 0 radical (unpaired) electrons. The van der Waals surface area contributed by atoms with Crippen molar-refractivity contribution in [1.29, 1.82) is 0 Å². The molecule has 0 N–H and O–H groups in total. The summed E-state index contributed by atoms with van der Waals surface area (Å²) in [6, 6.07) is 12.2. The zero-order valence-electron chi connectivity index (χ0n) is 11.9. The monoisotopic (exact) mass is 349 g/mol. The molecule has 1 aromatic heterocycles. The van der Waals surface area contributed by atoms with Gasteiger partial charge in [-0.25, -0.2) is 0 Å². The highest BCUT2D eigenvalue weighted by Gasteiger charge is 2.18. The summed E-state index contributed by atoms with van der Waals surface area (Å²) in [7, 11) is 1.58. The average Bonchev–Trinajstić information content (AvgIpc) is 2.47. The Balaban J connectivity index is 0.00000220. The van der Waals surface area contributed by atoms with Crippen LogP contribution in [0.25, 0.3) is 0 Å². The number of methoxy groups -OCH3 is 1. The number of hydrogen-bond acceptors (Lipinski definition) is 3. The predicted octanol–water partition coefficient (Wildman–Crippen LogP) is -0.928. The van der Waals surface area contributed by atoms with E-state index in [4.69, 9.17) is 4.74 Å². The summed E-state index contributed by atoms with van der Waals surface area (Å²) < 4.78 is 6.72. The van der Waals surface area contributed by atoms with Gasteiger partial charge in [-0.3, -0.25) is 9.59 Å². The van der Waals surface area contributed by atoms with Crippen LogP contribution in [0.15, 0.2) is 48.7 Å². The molecule has 0 saturated carbocycles. The average molecular weight is 350 g/mol. The highest BCUT2D eigenvalue weighted by molar-refractivity contribution is 5.95. The molecule has 0 unspecified atom stereocenters. The number of carbonyl (C=O) groups excluding carboxylic acids is 2. The van der Waals surface area contributed by atoms with Crippen molar-refractivity contribution in [2.45, 2.75) is 13.5 Å². The maximum absolute atomic E-state index is 12.2. The molecule has 1 aromatic carbocycles. The summed E-state index contributed by atoms with van der Waals surface area (Å²) in [5, 5.41) is 0. The number of carbonyl (C=O) groups is 2. The summed E-state index contributed by atoms with van der Waals surface area (Å²) in [6.07, 6.45) is 1.73. The van der Waals surface area contributed by atoms with Gasteiger partial charge in [0.05, 0.1) is 7.11 Å². The second-order valence-corrected chi connectivity index (χ2v) is 4.42. The molecule has 0 fully saturated rings. The number of ketones is 2. The molecule has 0 aliphatic heterocycles. The quantitative estimate of drug-likeness (QED) is 0.517. The van der Waals surface area contributed by atoms with E-state index >= 15 is 0 Å². The molecule has 0 spiro atoms. The van der Waals surface area contributed by atoms with Crippen molar-refractivity contribution in [1.82, 2.24) is 0 Å². The van der Waals surface area contributed by atoms with Crippen molar-refractivity contribution in [3.63, 3.8) is 0 Å². The van der Waals surface area contributed by atoms with Crippen LogP contribution in [0, 0.1) is 0 Å². The van der Waals surface area contributed by atoms with E-state index in [-0.39, 0.29) is 35.1 Å². The lowest BCUT2D eigenvalue weighted by Gasteiger charge is -2.03. The first kappa shape index (κ1) is 17.0. The maximum Gasteiger partial charge on any atom is 0.248 e. The van der Waals surface area contributed by atoms with E-state index in [9.17, 15) is 9.59 Å². The van der Waals surface area contributed by atoms with E-state index < -0.39 is 0 Å². The first-order valence-corrected chi connectivity index (χ1v) is 6.28. The Labute approximate surface area is 134 Å². The van der Waals surface area contributed by atoms with Gasteiger partial charge in [-0.2, -0.15) is 4.57 Å². The number of nitrogens with zero attached hydrogens (tertiary/aromatic N) is 1. The lowest BCUT2D eigenvalue weighted by molar-refractivity contribution is -0.685. The van der Waals surface area contributed by atoms with Gasteiger partial charge in [0.1, 0.15) is 5.75 Å². The fraction of sp³-hybridized carbons (Fsp3) is 0.188. The second kappa shape index (κ2) is 7.69. The molecule has 0 bridgehead atoms. The minimum Gasteiger partial charge on any atom is -1.00 e. The van der Waals surface area contributed by atoms with Crippen LogP contribution >= 0.6 is 0 Å². The summed E-state index contributed by atoms with van der Waals surface area (Å²) in [5.74, 6) is 0.595. The molecule has 0 atom stereocenters. The number of hydrogen-bond donors (Lipinski definition) is 0. The van der Waals surface area contributed by atoms with Crippen LogP contribution in [0.5, 0.6) is 5.75 Å². The number of Topliss-reactive ketones (excluding diaryl/α,β-unsaturated/α-hetero) is 2. The van der Waals surface area contributed by atoms with E-state index in [1.165, 1.54) is 6.92 Å². The van der Waals surface area contributed by atoms with E-state index in [1.54, 1.807) is 60.3 Å². The number of benzene rings is 1. The number of aromatic nitrogens is 1. The van der Waals surface area contributed by atoms with Crippen molar-refractivity contribution in [2.75, 3.05) is 7.11 Å². The van der Waals surface area contributed by atoms with Gasteiger partial charge in [0.2, 0.25) is 23.8 Å². The third kappa shape index (κ3) is 4.23. The Kier molecular flexibility index (Phi) is 6.24. The molecule has 0 saturated heterocycles. The number of ether oxygens (including phenoxy) is 1. The summed E-state index contributed by atoms with van der Waals surface area (Å²) in [6.45, 7) is 1.63. The number of pyridine rings is 1. The topological polar surface area (TPSA) is 47.2 Å². The largest absolute Gasteiger partial charge is 1.00 e. The fourth-order valence-corrected chi connectivity index (χ4v) is 1.96. The van der Waals surface area contributed by atoms with Crippen LogP contribution in [-0.2, 0) is 6.54 Å². The van der Waals surface area contributed by atoms with Crippen LogP contribution in [0.3, 0.4) is 0 Å². The Morgan fingerprint density at radius 2 is 1.76 bits per heavy atom. The van der Waals surface area contributed by atoms with E-state index in [2.05, 4.69) is 0 Å². The minimum atomic E-state index is -0.0619. The Hall–Kier alpha value is -2.01. The van der Waals surface area contributed by atoms with Gasteiger partial charge in [0.25, 0.3) is 0 Å². The second-order valence-electron chi connectivity index (χ2n) is 4.42. The minimum absolute atomic E-state index is 0. The Morgan fingerprint density at radius 3 is 2.33 bits per heavy atom. The molecule has 2 aromatic rings. The molecular formula is C16H16BrNO3. The summed E-state index contributed by atoms with van der Waals surface area (Å²) in [5.41, 5.74) is 1.12. The smallest absolute Gasteiger partial charge is 0.248 e. The lowest BCUT2D eigenvalue weighted by Crippen LogP contribution is -3.00. The van der Waals surface area contributed by atoms with Gasteiger partial charge in [0.15, 0.2) is 6.20 Å². The summed E-state index contributed by atoms with van der Waals surface area (Å²) >= 11 is 0. The molecular weight excluding hydrogens is 334 g/mol. The number of halogens is 1. The van der Waals surface area contributed by atoms with Crippen LogP contribution in [0.2, 0.25) is 0 Å². The zero-order chi connectivity index (χ0) is 14.5. The summed E-state index contributed by atoms with van der Waals surface area (Å²) in [4.78, 5) is 23.7. The molecule has 4 nitrogen and oxygen atoms in total. The van der Waals surface area contributed by atoms with Crippen LogP contribution < -0.4 is 26.3 Å². The van der Waals surface area contributed by atoms with Crippen LogP contribution in [0.1, 0.15) is 27.8 Å². The van der Waals surface area contributed by atoms with Gasteiger partial charge in [-0.15, -0.1) is 0 Å². The van der Waals surface area contributed by atoms with Crippen LogP contribution in [-0.4, -0.2) is 18.7 Å². The predicted molar refractivity (Wildman–Crippen MR) is 74.0 cm³/mol. The molecule has 0 aliphatic rings.